The minimum absolute atomic E-state index is 0.121. The lowest BCUT2D eigenvalue weighted by atomic mass is 10.3. The Morgan fingerprint density at radius 1 is 1.50 bits per heavy atom. The number of hydrogen-bond donors (Lipinski definition) is 2. The monoisotopic (exact) mass is 290 g/mol. The van der Waals surface area contributed by atoms with Crippen LogP contribution in [-0.4, -0.2) is 31.1 Å². The molecule has 20 heavy (non-hydrogen) atoms. The number of nitrogens with two attached hydrogens (primary N) is 1. The van der Waals surface area contributed by atoms with Crippen molar-refractivity contribution in [3.05, 3.63) is 30.9 Å². The van der Waals surface area contributed by atoms with Crippen molar-refractivity contribution in [2.24, 2.45) is 0 Å². The highest BCUT2D eigenvalue weighted by Gasteiger charge is 2.19. The van der Waals surface area contributed by atoms with Gasteiger partial charge in [0.05, 0.1) is 17.1 Å². The molecule has 0 aromatic carbocycles. The van der Waals surface area contributed by atoms with Crippen molar-refractivity contribution in [1.29, 1.82) is 0 Å². The lowest BCUT2D eigenvalue weighted by Crippen LogP contribution is -2.25. The zero-order valence-corrected chi connectivity index (χ0v) is 11.7. The second-order valence-electron chi connectivity index (χ2n) is 3.87. The van der Waals surface area contributed by atoms with Gasteiger partial charge in [-0.2, -0.15) is 4.98 Å². The number of nitrogen functional groups attached to an aromatic ring is 1. The standard InChI is InChI=1S/C12H14N6OS/c1-2-9(20-12-16-7-15-11(13)18-12)10(19)17-8-4-3-5-14-6-8/h3-7,9H,2H2,1H3,(H,17,19)(H2,13,15,16,18). The van der Waals surface area contributed by atoms with Gasteiger partial charge in [-0.15, -0.1) is 0 Å². The lowest BCUT2D eigenvalue weighted by Gasteiger charge is -2.13. The van der Waals surface area contributed by atoms with Gasteiger partial charge in [0.15, 0.2) is 5.16 Å². The van der Waals surface area contributed by atoms with E-state index in [1.165, 1.54) is 18.1 Å². The second kappa shape index (κ2) is 6.80. The van der Waals surface area contributed by atoms with Crippen LogP contribution in [0.4, 0.5) is 11.6 Å². The summed E-state index contributed by atoms with van der Waals surface area (Å²) in [5.74, 6) is 0.0227. The summed E-state index contributed by atoms with van der Waals surface area (Å²) in [7, 11) is 0. The number of carbonyl (C=O) groups is 1. The molecule has 7 nitrogen and oxygen atoms in total. The van der Waals surface area contributed by atoms with Gasteiger partial charge in [0.25, 0.3) is 0 Å². The van der Waals surface area contributed by atoms with E-state index in [1.54, 1.807) is 24.5 Å². The van der Waals surface area contributed by atoms with E-state index in [2.05, 4.69) is 25.3 Å². The molecule has 1 unspecified atom stereocenters. The number of amides is 1. The van der Waals surface area contributed by atoms with Gasteiger partial charge >= 0.3 is 0 Å². The molecular formula is C12H14N6OS. The van der Waals surface area contributed by atoms with Crippen LogP contribution in [0.3, 0.4) is 0 Å². The number of nitrogens with zero attached hydrogens (tertiary/aromatic N) is 4. The molecule has 0 aliphatic carbocycles. The van der Waals surface area contributed by atoms with E-state index in [4.69, 9.17) is 5.73 Å². The smallest absolute Gasteiger partial charge is 0.238 e. The Bertz CT molecular complexity index is 579. The first kappa shape index (κ1) is 14.2. The van der Waals surface area contributed by atoms with E-state index >= 15 is 0 Å². The van der Waals surface area contributed by atoms with Gasteiger partial charge in [0.2, 0.25) is 11.9 Å². The molecule has 0 saturated heterocycles. The van der Waals surface area contributed by atoms with E-state index in [0.717, 1.165) is 0 Å². The first-order chi connectivity index (χ1) is 9.69. The average molecular weight is 290 g/mol. The van der Waals surface area contributed by atoms with E-state index in [0.29, 0.717) is 17.3 Å². The third kappa shape index (κ3) is 3.89. The zero-order chi connectivity index (χ0) is 14.4. The fourth-order valence-corrected chi connectivity index (χ4v) is 2.30. The lowest BCUT2D eigenvalue weighted by molar-refractivity contribution is -0.115. The fraction of sp³-hybridized carbons (Fsp3) is 0.250. The molecule has 0 spiro atoms. The molecule has 0 aliphatic heterocycles. The molecule has 8 heteroatoms. The van der Waals surface area contributed by atoms with Gasteiger partial charge in [-0.05, 0) is 18.6 Å². The molecule has 0 radical (unpaired) electrons. The summed E-state index contributed by atoms with van der Waals surface area (Å²) in [5, 5.41) is 2.93. The Hall–Kier alpha value is -2.22. The highest BCUT2D eigenvalue weighted by molar-refractivity contribution is 8.00. The third-order valence-electron chi connectivity index (χ3n) is 2.41. The molecule has 3 N–H and O–H groups in total. The fourth-order valence-electron chi connectivity index (χ4n) is 1.46. The van der Waals surface area contributed by atoms with Gasteiger partial charge in [0, 0.05) is 6.20 Å². The van der Waals surface area contributed by atoms with Gasteiger partial charge in [-0.3, -0.25) is 9.78 Å². The van der Waals surface area contributed by atoms with Crippen molar-refractivity contribution in [3.63, 3.8) is 0 Å². The Morgan fingerprint density at radius 3 is 3.00 bits per heavy atom. The molecule has 0 bridgehead atoms. The Kier molecular flexibility index (Phi) is 4.83. The van der Waals surface area contributed by atoms with Crippen LogP contribution in [0, 0.1) is 0 Å². The number of carbonyl (C=O) groups excluding carboxylic acids is 1. The van der Waals surface area contributed by atoms with Crippen LogP contribution in [0.5, 0.6) is 0 Å². The summed E-state index contributed by atoms with van der Waals surface area (Å²) in [6, 6.07) is 3.54. The van der Waals surface area contributed by atoms with Crippen LogP contribution in [-0.2, 0) is 4.79 Å². The molecule has 0 saturated carbocycles. The first-order valence-electron chi connectivity index (χ1n) is 6.01. The summed E-state index contributed by atoms with van der Waals surface area (Å²) in [6.45, 7) is 1.92. The normalized spacial score (nSPS) is 11.8. The van der Waals surface area contributed by atoms with Crippen LogP contribution in [0.2, 0.25) is 0 Å². The summed E-state index contributed by atoms with van der Waals surface area (Å²) in [4.78, 5) is 27.8. The van der Waals surface area contributed by atoms with Crippen LogP contribution in [0.25, 0.3) is 0 Å². The highest BCUT2D eigenvalue weighted by Crippen LogP contribution is 2.23. The maximum Gasteiger partial charge on any atom is 0.238 e. The van der Waals surface area contributed by atoms with Gasteiger partial charge in [0.1, 0.15) is 6.33 Å². The van der Waals surface area contributed by atoms with E-state index in [1.807, 2.05) is 6.92 Å². The molecule has 0 fully saturated rings. The van der Waals surface area contributed by atoms with Crippen molar-refractivity contribution in [2.75, 3.05) is 11.1 Å². The number of rotatable bonds is 5. The Morgan fingerprint density at radius 2 is 2.35 bits per heavy atom. The maximum absolute atomic E-state index is 12.2. The predicted molar refractivity (Wildman–Crippen MR) is 77.0 cm³/mol. The van der Waals surface area contributed by atoms with Crippen molar-refractivity contribution in [2.45, 2.75) is 23.8 Å². The minimum Gasteiger partial charge on any atom is -0.368 e. The molecule has 104 valence electrons. The summed E-state index contributed by atoms with van der Waals surface area (Å²) < 4.78 is 0. The Labute approximate surface area is 120 Å². The molecular weight excluding hydrogens is 276 g/mol. The van der Waals surface area contributed by atoms with Gasteiger partial charge in [-0.25, -0.2) is 9.97 Å². The van der Waals surface area contributed by atoms with Gasteiger partial charge < -0.3 is 11.1 Å². The van der Waals surface area contributed by atoms with Crippen molar-refractivity contribution < 1.29 is 4.79 Å². The second-order valence-corrected chi connectivity index (χ2v) is 5.04. The third-order valence-corrected chi connectivity index (χ3v) is 3.65. The topological polar surface area (TPSA) is 107 Å². The molecule has 2 aromatic rings. The predicted octanol–water partition coefficient (Wildman–Crippen LogP) is 1.36. The molecule has 1 atom stereocenters. The molecule has 2 heterocycles. The summed E-state index contributed by atoms with van der Waals surface area (Å²) in [6.07, 6.45) is 5.21. The van der Waals surface area contributed by atoms with Crippen LogP contribution < -0.4 is 11.1 Å². The van der Waals surface area contributed by atoms with E-state index in [-0.39, 0.29) is 17.1 Å². The van der Waals surface area contributed by atoms with Crippen molar-refractivity contribution >= 4 is 29.3 Å². The van der Waals surface area contributed by atoms with Crippen LogP contribution in [0.15, 0.2) is 36.0 Å². The Balaban J connectivity index is 2.02. The van der Waals surface area contributed by atoms with Crippen LogP contribution in [0.1, 0.15) is 13.3 Å². The van der Waals surface area contributed by atoms with E-state index in [9.17, 15) is 4.79 Å². The SMILES string of the molecule is CCC(Sc1ncnc(N)n1)C(=O)Nc1cccnc1. The van der Waals surface area contributed by atoms with Gasteiger partial charge in [-0.1, -0.05) is 18.7 Å². The number of hydrogen-bond acceptors (Lipinski definition) is 7. The number of pyridine rings is 1. The number of thioether (sulfide) groups is 1. The zero-order valence-electron chi connectivity index (χ0n) is 10.9. The molecule has 0 aliphatic rings. The highest BCUT2D eigenvalue weighted by atomic mass is 32.2. The summed E-state index contributed by atoms with van der Waals surface area (Å²) >= 11 is 1.26. The molecule has 2 aromatic heterocycles. The largest absolute Gasteiger partial charge is 0.368 e. The average Bonchev–Trinajstić information content (AvgIpc) is 2.46. The number of nitrogens with one attached hydrogen (secondary N) is 1. The van der Waals surface area contributed by atoms with Crippen LogP contribution >= 0.6 is 11.8 Å². The van der Waals surface area contributed by atoms with Crippen molar-refractivity contribution in [3.8, 4) is 0 Å². The minimum atomic E-state index is -0.308. The molecule has 1 amide bonds. The van der Waals surface area contributed by atoms with E-state index < -0.39 is 0 Å². The van der Waals surface area contributed by atoms with Crippen molar-refractivity contribution in [1.82, 2.24) is 19.9 Å². The maximum atomic E-state index is 12.2. The molecule has 2 rings (SSSR count). The number of anilines is 2. The summed E-state index contributed by atoms with van der Waals surface area (Å²) in [5.41, 5.74) is 6.15. The quantitative estimate of drug-likeness (QED) is 0.800. The number of aromatic nitrogens is 4. The first-order valence-corrected chi connectivity index (χ1v) is 6.89.